The van der Waals surface area contributed by atoms with E-state index in [0.29, 0.717) is 12.2 Å². The van der Waals surface area contributed by atoms with Crippen LogP contribution in [0.4, 0.5) is 4.79 Å². The zero-order valence-electron chi connectivity index (χ0n) is 10.1. The summed E-state index contributed by atoms with van der Waals surface area (Å²) in [7, 11) is 0. The van der Waals surface area contributed by atoms with Gasteiger partial charge in [-0.3, -0.25) is 4.57 Å². The molecule has 20 heavy (non-hydrogen) atoms. The van der Waals surface area contributed by atoms with Gasteiger partial charge in [-0.1, -0.05) is 0 Å². The lowest BCUT2D eigenvalue weighted by molar-refractivity contribution is 0.142. The predicted octanol–water partition coefficient (Wildman–Crippen LogP) is 2.22. The smallest absolute Gasteiger partial charge is 0.449 e. The minimum absolute atomic E-state index is 0.108. The molecule has 4 heterocycles. The van der Waals surface area contributed by atoms with Crippen molar-refractivity contribution < 1.29 is 14.6 Å². The molecule has 0 unspecified atom stereocenters. The summed E-state index contributed by atoms with van der Waals surface area (Å²) in [5.74, 6) is 0.969. The van der Waals surface area contributed by atoms with Crippen LogP contribution < -0.4 is 4.74 Å². The molecule has 0 aromatic carbocycles. The van der Waals surface area contributed by atoms with Crippen molar-refractivity contribution in [3.63, 3.8) is 0 Å². The van der Waals surface area contributed by atoms with Crippen LogP contribution in [-0.2, 0) is 6.54 Å². The van der Waals surface area contributed by atoms with Gasteiger partial charge in [-0.05, 0) is 11.4 Å². The molecule has 0 atom stereocenters. The number of hydrogen-bond donors (Lipinski definition) is 1. The van der Waals surface area contributed by atoms with Crippen molar-refractivity contribution in [1.82, 2.24) is 19.1 Å². The third kappa shape index (κ3) is 1.48. The predicted molar refractivity (Wildman–Crippen MR) is 70.4 cm³/mol. The zero-order valence-corrected chi connectivity index (χ0v) is 10.9. The molecule has 100 valence electrons. The van der Waals surface area contributed by atoms with Crippen LogP contribution in [0.2, 0.25) is 0 Å². The fraction of sp³-hybridized carbons (Fsp3) is 0.0833. The topological polar surface area (TPSA) is 82.2 Å². The number of carboxylic acid groups (broad SMARTS) is 1. The molecule has 0 saturated carbocycles. The molecule has 0 aliphatic carbocycles. The van der Waals surface area contributed by atoms with E-state index in [9.17, 15) is 4.79 Å². The summed E-state index contributed by atoms with van der Waals surface area (Å²) < 4.78 is 8.54. The highest BCUT2D eigenvalue weighted by Crippen LogP contribution is 2.36. The number of ether oxygens (including phenoxy) is 1. The number of nitrogens with zero attached hydrogens (tertiary/aromatic N) is 4. The highest BCUT2D eigenvalue weighted by Gasteiger charge is 2.25. The van der Waals surface area contributed by atoms with Gasteiger partial charge in [-0.15, -0.1) is 11.3 Å². The summed E-state index contributed by atoms with van der Waals surface area (Å²) in [5, 5.41) is 10.7. The van der Waals surface area contributed by atoms with Crippen molar-refractivity contribution in [2.24, 2.45) is 0 Å². The Morgan fingerprint density at radius 1 is 1.45 bits per heavy atom. The molecule has 0 fully saturated rings. The van der Waals surface area contributed by atoms with Crippen LogP contribution in [0.25, 0.3) is 16.4 Å². The number of fused-ring (bicyclic) bond motifs is 5. The van der Waals surface area contributed by atoms with E-state index < -0.39 is 6.16 Å². The highest BCUT2D eigenvalue weighted by atomic mass is 32.1. The molecule has 3 aromatic heterocycles. The van der Waals surface area contributed by atoms with Crippen LogP contribution in [0.5, 0.6) is 5.88 Å². The summed E-state index contributed by atoms with van der Waals surface area (Å²) in [5.41, 5.74) is 1.62. The Hall–Kier alpha value is -2.61. The maximum absolute atomic E-state index is 10.7. The maximum atomic E-state index is 10.7. The summed E-state index contributed by atoms with van der Waals surface area (Å²) in [6.45, 7) is 0.458. The first-order valence-corrected chi connectivity index (χ1v) is 6.68. The van der Waals surface area contributed by atoms with E-state index >= 15 is 0 Å². The molecule has 0 amide bonds. The monoisotopic (exact) mass is 288 g/mol. The molecule has 1 N–H and O–H groups in total. The van der Waals surface area contributed by atoms with Gasteiger partial charge in [0.15, 0.2) is 5.82 Å². The fourth-order valence-corrected chi connectivity index (χ4v) is 3.24. The SMILES string of the molecule is O=C(O)Oc1ncn2c1Cn1ccnc1-c1sccc1-2. The highest BCUT2D eigenvalue weighted by molar-refractivity contribution is 7.14. The van der Waals surface area contributed by atoms with Crippen molar-refractivity contribution in [3.05, 3.63) is 35.9 Å². The molecular weight excluding hydrogens is 280 g/mol. The Balaban J connectivity index is 1.97. The molecule has 1 aliphatic rings. The van der Waals surface area contributed by atoms with Crippen LogP contribution in [-0.4, -0.2) is 30.4 Å². The average Bonchev–Trinajstić information content (AvgIpc) is 3.08. The molecular formula is C12H8N4O3S. The van der Waals surface area contributed by atoms with E-state index in [2.05, 4.69) is 9.97 Å². The minimum Gasteiger partial charge on any atom is -0.449 e. The zero-order chi connectivity index (χ0) is 13.7. The second-order valence-electron chi connectivity index (χ2n) is 4.25. The van der Waals surface area contributed by atoms with Gasteiger partial charge in [0.05, 0.1) is 17.1 Å². The Bertz CT molecular complexity index is 816. The third-order valence-corrected chi connectivity index (χ3v) is 4.05. The van der Waals surface area contributed by atoms with Crippen LogP contribution >= 0.6 is 11.3 Å². The first-order valence-electron chi connectivity index (χ1n) is 5.80. The normalized spacial score (nSPS) is 12.2. The summed E-state index contributed by atoms with van der Waals surface area (Å²) in [4.78, 5) is 20.2. The second kappa shape index (κ2) is 3.94. The summed E-state index contributed by atoms with van der Waals surface area (Å²) in [6.07, 6.45) is 3.78. The molecule has 8 heteroatoms. The molecule has 0 radical (unpaired) electrons. The molecule has 3 aromatic rings. The molecule has 7 nitrogen and oxygen atoms in total. The van der Waals surface area contributed by atoms with Gasteiger partial charge in [0, 0.05) is 12.4 Å². The van der Waals surface area contributed by atoms with Crippen molar-refractivity contribution in [3.8, 4) is 22.3 Å². The molecule has 0 spiro atoms. The van der Waals surface area contributed by atoms with Gasteiger partial charge < -0.3 is 14.4 Å². The lowest BCUT2D eigenvalue weighted by Crippen LogP contribution is -2.08. The van der Waals surface area contributed by atoms with Crippen molar-refractivity contribution in [2.75, 3.05) is 0 Å². The Kier molecular flexibility index (Phi) is 2.21. The third-order valence-electron chi connectivity index (χ3n) is 3.15. The number of carbonyl (C=O) groups is 1. The van der Waals surface area contributed by atoms with Gasteiger partial charge in [-0.25, -0.2) is 14.8 Å². The van der Waals surface area contributed by atoms with Crippen LogP contribution in [0.15, 0.2) is 30.2 Å². The van der Waals surface area contributed by atoms with Crippen molar-refractivity contribution in [2.45, 2.75) is 6.54 Å². The Morgan fingerprint density at radius 2 is 2.35 bits per heavy atom. The first-order chi connectivity index (χ1) is 9.74. The lowest BCUT2D eigenvalue weighted by atomic mass is 10.3. The van der Waals surface area contributed by atoms with E-state index in [4.69, 9.17) is 9.84 Å². The minimum atomic E-state index is -1.37. The molecule has 0 saturated heterocycles. The van der Waals surface area contributed by atoms with Crippen molar-refractivity contribution >= 4 is 17.5 Å². The Labute approximate surface area is 116 Å². The molecule has 1 aliphatic heterocycles. The van der Waals surface area contributed by atoms with Gasteiger partial charge in [0.2, 0.25) is 5.88 Å². The largest absolute Gasteiger partial charge is 0.512 e. The Morgan fingerprint density at radius 3 is 3.20 bits per heavy atom. The molecule has 4 rings (SSSR count). The number of imidazole rings is 2. The van der Waals surface area contributed by atoms with Gasteiger partial charge in [0.25, 0.3) is 0 Å². The number of aromatic nitrogens is 4. The average molecular weight is 288 g/mol. The molecule has 0 bridgehead atoms. The van der Waals surface area contributed by atoms with Gasteiger partial charge in [0.1, 0.15) is 12.0 Å². The number of thiophene rings is 1. The lowest BCUT2D eigenvalue weighted by Gasteiger charge is -2.05. The summed E-state index contributed by atoms with van der Waals surface area (Å²) >= 11 is 1.58. The van der Waals surface area contributed by atoms with Gasteiger partial charge in [-0.2, -0.15) is 0 Å². The second-order valence-corrected chi connectivity index (χ2v) is 5.16. The number of rotatable bonds is 1. The van der Waals surface area contributed by atoms with Crippen LogP contribution in [0.3, 0.4) is 0 Å². The fourth-order valence-electron chi connectivity index (χ4n) is 2.34. The van der Waals surface area contributed by atoms with Gasteiger partial charge >= 0.3 is 6.16 Å². The van der Waals surface area contributed by atoms with Crippen molar-refractivity contribution in [1.29, 1.82) is 0 Å². The maximum Gasteiger partial charge on any atom is 0.512 e. The standard InChI is InChI=1S/C12H8N4O3S/c17-12(18)19-11-8-5-15-3-2-13-10(15)9-7(1-4-20-9)16(8)6-14-11/h1-4,6H,5H2,(H,17,18). The van der Waals surface area contributed by atoms with E-state index in [1.165, 1.54) is 0 Å². The van der Waals surface area contributed by atoms with E-state index in [1.807, 2.05) is 26.8 Å². The first kappa shape index (κ1) is 11.2. The van der Waals surface area contributed by atoms with E-state index in [0.717, 1.165) is 16.4 Å². The van der Waals surface area contributed by atoms with E-state index in [-0.39, 0.29) is 5.88 Å². The quantitative estimate of drug-likeness (QED) is 0.543. The summed E-state index contributed by atoms with van der Waals surface area (Å²) in [6, 6.07) is 1.96. The van der Waals surface area contributed by atoms with Crippen LogP contribution in [0, 0.1) is 0 Å². The van der Waals surface area contributed by atoms with E-state index in [1.54, 1.807) is 23.9 Å². The number of hydrogen-bond acceptors (Lipinski definition) is 5. The van der Waals surface area contributed by atoms with Crippen LogP contribution in [0.1, 0.15) is 5.69 Å².